The van der Waals surface area contributed by atoms with Gasteiger partial charge in [-0.3, -0.25) is 10.8 Å². The van der Waals surface area contributed by atoms with Gasteiger partial charge < -0.3 is 0 Å². The van der Waals surface area contributed by atoms with Crippen molar-refractivity contribution in [3.63, 3.8) is 0 Å². The molecule has 0 saturated heterocycles. The lowest BCUT2D eigenvalue weighted by Gasteiger charge is -2.17. The van der Waals surface area contributed by atoms with Gasteiger partial charge in [-0.2, -0.15) is 0 Å². The summed E-state index contributed by atoms with van der Waals surface area (Å²) < 4.78 is 0.861. The first-order valence-corrected chi connectivity index (χ1v) is 7.62. The molecule has 0 radical (unpaired) electrons. The average molecular weight is 363 g/mol. The molecular weight excluding hydrogens is 350 g/mol. The maximum atomic E-state index is 6.17. The maximum Gasteiger partial charge on any atom is 0.0725 e. The molecular formula is C16H13BrClN3. The molecule has 0 aliphatic heterocycles. The largest absolute Gasteiger partial charge is 0.271 e. The van der Waals surface area contributed by atoms with Crippen molar-refractivity contribution in [1.82, 2.24) is 10.4 Å². The quantitative estimate of drug-likeness (QED) is 0.542. The monoisotopic (exact) mass is 361 g/mol. The van der Waals surface area contributed by atoms with E-state index in [4.69, 9.17) is 17.4 Å². The van der Waals surface area contributed by atoms with Crippen molar-refractivity contribution in [2.75, 3.05) is 0 Å². The molecule has 0 saturated carbocycles. The summed E-state index contributed by atoms with van der Waals surface area (Å²) in [5, 5.41) is 1.74. The Morgan fingerprint density at radius 3 is 2.67 bits per heavy atom. The smallest absolute Gasteiger partial charge is 0.0725 e. The summed E-state index contributed by atoms with van der Waals surface area (Å²) in [6.07, 6.45) is 1.84. The summed E-state index contributed by atoms with van der Waals surface area (Å²) in [6.45, 7) is 0. The van der Waals surface area contributed by atoms with Gasteiger partial charge in [-0.05, 0) is 51.3 Å². The second-order valence-corrected chi connectivity index (χ2v) is 6.00. The molecule has 3 rings (SSSR count). The van der Waals surface area contributed by atoms with Crippen LogP contribution in [0.1, 0.15) is 17.2 Å². The van der Waals surface area contributed by atoms with Crippen LogP contribution in [-0.2, 0) is 0 Å². The number of para-hydroxylation sites is 1. The normalized spacial score (nSPS) is 12.5. The van der Waals surface area contributed by atoms with Crippen molar-refractivity contribution in [3.8, 4) is 0 Å². The molecule has 3 aromatic rings. The Balaban J connectivity index is 2.06. The van der Waals surface area contributed by atoms with Crippen molar-refractivity contribution in [1.29, 1.82) is 0 Å². The maximum absolute atomic E-state index is 6.17. The fourth-order valence-corrected chi connectivity index (χ4v) is 2.76. The van der Waals surface area contributed by atoms with Gasteiger partial charge in [-0.15, -0.1) is 0 Å². The lowest BCUT2D eigenvalue weighted by atomic mass is 9.99. The Morgan fingerprint density at radius 1 is 1.10 bits per heavy atom. The highest BCUT2D eigenvalue weighted by Gasteiger charge is 2.14. The van der Waals surface area contributed by atoms with Gasteiger partial charge in [0.15, 0.2) is 0 Å². The molecule has 3 N–H and O–H groups in total. The number of hydrogen-bond donors (Lipinski definition) is 2. The second kappa shape index (κ2) is 6.12. The molecule has 3 nitrogen and oxygen atoms in total. The van der Waals surface area contributed by atoms with E-state index in [1.54, 1.807) is 0 Å². The molecule has 5 heteroatoms. The predicted molar refractivity (Wildman–Crippen MR) is 90.1 cm³/mol. The molecule has 0 bridgehead atoms. The minimum atomic E-state index is -0.160. The Morgan fingerprint density at radius 2 is 1.90 bits per heavy atom. The van der Waals surface area contributed by atoms with Crippen molar-refractivity contribution >= 4 is 38.4 Å². The summed E-state index contributed by atoms with van der Waals surface area (Å²) in [6, 6.07) is 15.7. The molecule has 1 atom stereocenters. The van der Waals surface area contributed by atoms with Crippen LogP contribution in [-0.4, -0.2) is 4.98 Å². The lowest BCUT2D eigenvalue weighted by molar-refractivity contribution is 0.635. The molecule has 1 aromatic heterocycles. The highest BCUT2D eigenvalue weighted by Crippen LogP contribution is 2.29. The molecule has 0 aliphatic carbocycles. The number of rotatable bonds is 3. The van der Waals surface area contributed by atoms with E-state index in [1.165, 1.54) is 0 Å². The number of nitrogens with zero attached hydrogens (tertiary/aromatic N) is 1. The molecule has 0 aliphatic rings. The Hall–Kier alpha value is -1.46. The van der Waals surface area contributed by atoms with Crippen LogP contribution in [0, 0.1) is 0 Å². The van der Waals surface area contributed by atoms with Gasteiger partial charge in [0, 0.05) is 16.1 Å². The molecule has 0 spiro atoms. The van der Waals surface area contributed by atoms with Crippen LogP contribution < -0.4 is 11.3 Å². The Kier molecular flexibility index (Phi) is 4.22. The van der Waals surface area contributed by atoms with Gasteiger partial charge in [0.05, 0.1) is 16.6 Å². The predicted octanol–water partition coefficient (Wildman–Crippen LogP) is 4.20. The van der Waals surface area contributed by atoms with Crippen molar-refractivity contribution in [2.24, 2.45) is 5.84 Å². The number of hydrogen-bond acceptors (Lipinski definition) is 3. The zero-order valence-corrected chi connectivity index (χ0v) is 13.4. The van der Waals surface area contributed by atoms with Crippen molar-refractivity contribution < 1.29 is 0 Å². The van der Waals surface area contributed by atoms with Gasteiger partial charge >= 0.3 is 0 Å². The fourth-order valence-electron chi connectivity index (χ4n) is 2.32. The Labute approximate surface area is 136 Å². The Bertz CT molecular complexity index is 791. The number of pyridine rings is 1. The molecule has 0 fully saturated rings. The van der Waals surface area contributed by atoms with Crippen LogP contribution in [0.15, 0.2) is 59.2 Å². The van der Waals surface area contributed by atoms with Crippen LogP contribution >= 0.6 is 27.5 Å². The second-order valence-electron chi connectivity index (χ2n) is 4.73. The summed E-state index contributed by atoms with van der Waals surface area (Å²) in [4.78, 5) is 4.48. The summed E-state index contributed by atoms with van der Waals surface area (Å²) in [5.74, 6) is 5.74. The third-order valence-corrected chi connectivity index (χ3v) is 4.62. The van der Waals surface area contributed by atoms with Crippen molar-refractivity contribution in [2.45, 2.75) is 6.04 Å². The van der Waals surface area contributed by atoms with Crippen LogP contribution in [0.4, 0.5) is 0 Å². The fraction of sp³-hybridized carbons (Fsp3) is 0.0625. The van der Waals surface area contributed by atoms with Gasteiger partial charge in [0.2, 0.25) is 0 Å². The minimum absolute atomic E-state index is 0.160. The zero-order valence-electron chi connectivity index (χ0n) is 11.1. The number of nitrogens with one attached hydrogen (secondary N) is 1. The first kappa shape index (κ1) is 14.5. The molecule has 1 heterocycles. The number of benzene rings is 2. The van der Waals surface area contributed by atoms with Crippen LogP contribution in [0.3, 0.4) is 0 Å². The molecule has 21 heavy (non-hydrogen) atoms. The topological polar surface area (TPSA) is 50.9 Å². The molecule has 2 aromatic carbocycles. The summed E-state index contributed by atoms with van der Waals surface area (Å²) in [7, 11) is 0. The van der Waals surface area contributed by atoms with Gasteiger partial charge in [0.25, 0.3) is 0 Å². The number of hydrazine groups is 1. The highest BCUT2D eigenvalue weighted by molar-refractivity contribution is 9.10. The average Bonchev–Trinajstić information content (AvgIpc) is 2.51. The molecule has 0 amide bonds. The van der Waals surface area contributed by atoms with E-state index in [-0.39, 0.29) is 6.04 Å². The van der Waals surface area contributed by atoms with E-state index in [0.717, 1.165) is 26.5 Å². The van der Waals surface area contributed by atoms with E-state index >= 15 is 0 Å². The van der Waals surface area contributed by atoms with Gasteiger partial charge in [-0.25, -0.2) is 5.43 Å². The molecule has 1 unspecified atom stereocenters. The third-order valence-electron chi connectivity index (χ3n) is 3.39. The van der Waals surface area contributed by atoms with Gasteiger partial charge in [0.1, 0.15) is 0 Å². The minimum Gasteiger partial charge on any atom is -0.271 e. The third kappa shape index (κ3) is 2.94. The first-order valence-electron chi connectivity index (χ1n) is 6.45. The van der Waals surface area contributed by atoms with Crippen molar-refractivity contribution in [3.05, 3.63) is 75.4 Å². The van der Waals surface area contributed by atoms with Crippen LogP contribution in [0.25, 0.3) is 10.9 Å². The number of halogens is 2. The summed E-state index contributed by atoms with van der Waals surface area (Å²) >= 11 is 9.56. The standard InChI is InChI=1S/C16H13BrClN3/c17-13-6-5-11(8-14(13)18)16(21-19)12-7-10-3-1-2-4-15(10)20-9-12/h1-9,16,21H,19H2. The van der Waals surface area contributed by atoms with E-state index < -0.39 is 0 Å². The van der Waals surface area contributed by atoms with Crippen LogP contribution in [0.2, 0.25) is 5.02 Å². The van der Waals surface area contributed by atoms with E-state index in [2.05, 4.69) is 32.4 Å². The highest BCUT2D eigenvalue weighted by atomic mass is 79.9. The van der Waals surface area contributed by atoms with Gasteiger partial charge in [-0.1, -0.05) is 35.9 Å². The number of fused-ring (bicyclic) bond motifs is 1. The zero-order chi connectivity index (χ0) is 14.8. The van der Waals surface area contributed by atoms with E-state index in [1.807, 2.05) is 48.7 Å². The number of aromatic nitrogens is 1. The molecule has 106 valence electrons. The van der Waals surface area contributed by atoms with Crippen LogP contribution in [0.5, 0.6) is 0 Å². The first-order chi connectivity index (χ1) is 10.2. The van der Waals surface area contributed by atoms with E-state index in [9.17, 15) is 0 Å². The number of nitrogens with two attached hydrogens (primary N) is 1. The van der Waals surface area contributed by atoms with E-state index in [0.29, 0.717) is 5.02 Å². The SMILES string of the molecule is NNC(c1ccc(Br)c(Cl)c1)c1cnc2ccccc2c1. The lowest BCUT2D eigenvalue weighted by Crippen LogP contribution is -2.28. The summed E-state index contributed by atoms with van der Waals surface area (Å²) in [5.41, 5.74) is 5.78.